The fraction of sp³-hybridized carbons (Fsp3) is 0.294. The summed E-state index contributed by atoms with van der Waals surface area (Å²) in [7, 11) is -4.63. The molecule has 0 aromatic heterocycles. The van der Waals surface area contributed by atoms with Crippen LogP contribution in [0.15, 0.2) is 47.4 Å². The summed E-state index contributed by atoms with van der Waals surface area (Å²) in [5, 5.41) is 0. The number of hydrogen-bond acceptors (Lipinski definition) is 2. The van der Waals surface area contributed by atoms with Crippen molar-refractivity contribution in [3.8, 4) is 0 Å². The number of hydrogen-bond donors (Lipinski definition) is 1. The Morgan fingerprint density at radius 3 is 1.70 bits per heavy atom. The Labute approximate surface area is 152 Å². The van der Waals surface area contributed by atoms with Crippen LogP contribution in [0.3, 0.4) is 0 Å². The number of halogens is 6. The van der Waals surface area contributed by atoms with Crippen molar-refractivity contribution in [3.05, 3.63) is 64.7 Å². The molecule has 27 heavy (non-hydrogen) atoms. The molecule has 3 nitrogen and oxygen atoms in total. The highest BCUT2D eigenvalue weighted by atomic mass is 32.2. The highest BCUT2D eigenvalue weighted by Gasteiger charge is 2.38. The maximum absolute atomic E-state index is 12.9. The predicted octanol–water partition coefficient (Wildman–Crippen LogP) is 5.07. The second kappa shape index (κ2) is 7.16. The summed E-state index contributed by atoms with van der Waals surface area (Å²) < 4.78 is 104. The van der Waals surface area contributed by atoms with Gasteiger partial charge in [-0.05, 0) is 37.6 Å². The maximum atomic E-state index is 12.9. The summed E-state index contributed by atoms with van der Waals surface area (Å²) in [6.07, 6.45) is -10.3. The monoisotopic (exact) mass is 411 g/mol. The van der Waals surface area contributed by atoms with Crippen molar-refractivity contribution in [1.29, 1.82) is 0 Å². The van der Waals surface area contributed by atoms with Gasteiger partial charge in [-0.3, -0.25) is 0 Å². The topological polar surface area (TPSA) is 46.2 Å². The lowest BCUT2D eigenvalue weighted by atomic mass is 10.1. The summed E-state index contributed by atoms with van der Waals surface area (Å²) in [6, 6.07) is 5.99. The molecule has 1 atom stereocenters. The standard InChI is InChI=1S/C17H15F6NO2S/c1-10-3-5-12(6-4-10)11(2)24-27(25,26)15-8-13(16(18,19)20)7-14(9-15)17(21,22)23/h3-9,11,24H,1-2H3. The van der Waals surface area contributed by atoms with Gasteiger partial charge in [0.25, 0.3) is 0 Å². The molecule has 10 heteroatoms. The molecule has 0 fully saturated rings. The van der Waals surface area contributed by atoms with Gasteiger partial charge in [-0.1, -0.05) is 29.8 Å². The van der Waals surface area contributed by atoms with Crippen LogP contribution in [0.25, 0.3) is 0 Å². The molecule has 0 radical (unpaired) electrons. The van der Waals surface area contributed by atoms with Crippen molar-refractivity contribution < 1.29 is 34.8 Å². The third-order valence-electron chi connectivity index (χ3n) is 3.78. The molecular formula is C17H15F6NO2S. The minimum Gasteiger partial charge on any atom is -0.207 e. The van der Waals surface area contributed by atoms with Gasteiger partial charge in [-0.15, -0.1) is 0 Å². The number of aryl methyl sites for hydroxylation is 1. The van der Waals surface area contributed by atoms with Gasteiger partial charge in [0.15, 0.2) is 0 Å². The number of benzene rings is 2. The van der Waals surface area contributed by atoms with E-state index in [-0.39, 0.29) is 18.2 Å². The zero-order valence-corrected chi connectivity index (χ0v) is 14.9. The Hall–Kier alpha value is -2.07. The lowest BCUT2D eigenvalue weighted by Gasteiger charge is -2.17. The Morgan fingerprint density at radius 1 is 0.852 bits per heavy atom. The Morgan fingerprint density at radius 2 is 1.30 bits per heavy atom. The first-order valence-corrected chi connectivity index (χ1v) is 9.07. The Kier molecular flexibility index (Phi) is 5.63. The molecule has 1 unspecified atom stereocenters. The molecule has 0 bridgehead atoms. The number of sulfonamides is 1. The van der Waals surface area contributed by atoms with E-state index in [9.17, 15) is 34.8 Å². The summed E-state index contributed by atoms with van der Waals surface area (Å²) in [4.78, 5) is -1.11. The molecule has 0 aliphatic heterocycles. The third-order valence-corrected chi connectivity index (χ3v) is 5.30. The van der Waals surface area contributed by atoms with E-state index in [1.54, 1.807) is 31.2 Å². The largest absolute Gasteiger partial charge is 0.416 e. The second-order valence-corrected chi connectivity index (χ2v) is 7.71. The Balaban J connectivity index is 2.46. The van der Waals surface area contributed by atoms with Gasteiger partial charge in [-0.25, -0.2) is 13.1 Å². The lowest BCUT2D eigenvalue weighted by molar-refractivity contribution is -0.143. The summed E-state index contributed by atoms with van der Waals surface area (Å²) in [6.45, 7) is 3.24. The van der Waals surface area contributed by atoms with Crippen molar-refractivity contribution in [1.82, 2.24) is 4.72 Å². The van der Waals surface area contributed by atoms with Crippen molar-refractivity contribution in [2.24, 2.45) is 0 Å². The van der Waals surface area contributed by atoms with E-state index >= 15 is 0 Å². The van der Waals surface area contributed by atoms with Gasteiger partial charge in [0.1, 0.15) is 0 Å². The predicted molar refractivity (Wildman–Crippen MR) is 86.4 cm³/mol. The number of rotatable bonds is 4. The first-order chi connectivity index (χ1) is 12.2. The first kappa shape index (κ1) is 21.2. The molecule has 0 amide bonds. The van der Waals surface area contributed by atoms with Crippen LogP contribution in [0.4, 0.5) is 26.3 Å². The van der Waals surface area contributed by atoms with E-state index in [1.807, 2.05) is 0 Å². The number of nitrogens with one attached hydrogen (secondary N) is 1. The van der Waals surface area contributed by atoms with Crippen LogP contribution < -0.4 is 4.72 Å². The van der Waals surface area contributed by atoms with Crippen LogP contribution in [-0.2, 0) is 22.4 Å². The normalized spacial score (nSPS) is 14.2. The van der Waals surface area contributed by atoms with Crippen molar-refractivity contribution in [2.45, 2.75) is 37.1 Å². The number of alkyl halides is 6. The zero-order valence-electron chi connectivity index (χ0n) is 14.1. The van der Waals surface area contributed by atoms with Gasteiger partial charge in [0.2, 0.25) is 10.0 Å². The SMILES string of the molecule is Cc1ccc(C(C)NS(=O)(=O)c2cc(C(F)(F)F)cc(C(F)(F)F)c2)cc1. The van der Waals surface area contributed by atoms with Crippen LogP contribution in [-0.4, -0.2) is 8.42 Å². The fourth-order valence-electron chi connectivity index (χ4n) is 2.31. The quantitative estimate of drug-likeness (QED) is 0.714. The average molecular weight is 411 g/mol. The van der Waals surface area contributed by atoms with E-state index in [1.165, 1.54) is 6.92 Å². The first-order valence-electron chi connectivity index (χ1n) is 7.58. The molecule has 0 saturated heterocycles. The zero-order chi connectivity index (χ0) is 20.6. The van der Waals surface area contributed by atoms with E-state index in [4.69, 9.17) is 0 Å². The summed E-state index contributed by atoms with van der Waals surface area (Å²) in [5.41, 5.74) is -1.98. The Bertz CT molecular complexity index is 886. The third kappa shape index (κ3) is 5.23. The molecule has 2 aromatic carbocycles. The second-order valence-electron chi connectivity index (χ2n) is 6.00. The van der Waals surface area contributed by atoms with Gasteiger partial charge >= 0.3 is 12.4 Å². The molecule has 0 aliphatic rings. The molecule has 0 spiro atoms. The maximum Gasteiger partial charge on any atom is 0.416 e. The van der Waals surface area contributed by atoms with Gasteiger partial charge in [0.05, 0.1) is 16.0 Å². The molecule has 0 heterocycles. The minimum absolute atomic E-state index is 0.123. The average Bonchev–Trinajstić information content (AvgIpc) is 2.53. The lowest BCUT2D eigenvalue weighted by Crippen LogP contribution is -2.27. The van der Waals surface area contributed by atoms with Crippen LogP contribution in [0.1, 0.15) is 35.2 Å². The molecule has 148 valence electrons. The smallest absolute Gasteiger partial charge is 0.207 e. The molecule has 0 saturated carbocycles. The highest BCUT2D eigenvalue weighted by Crippen LogP contribution is 2.37. The minimum atomic E-state index is -5.13. The van der Waals surface area contributed by atoms with E-state index in [0.717, 1.165) is 5.56 Å². The van der Waals surface area contributed by atoms with Crippen LogP contribution in [0, 0.1) is 6.92 Å². The van der Waals surface area contributed by atoms with Crippen molar-refractivity contribution in [2.75, 3.05) is 0 Å². The van der Waals surface area contributed by atoms with Gasteiger partial charge in [0, 0.05) is 6.04 Å². The van der Waals surface area contributed by atoms with E-state index < -0.39 is 44.4 Å². The summed E-state index contributed by atoms with van der Waals surface area (Å²) in [5.74, 6) is 0. The van der Waals surface area contributed by atoms with E-state index in [0.29, 0.717) is 5.56 Å². The molecule has 0 aliphatic carbocycles. The molecule has 1 N–H and O–H groups in total. The van der Waals surface area contributed by atoms with Gasteiger partial charge < -0.3 is 0 Å². The highest BCUT2D eigenvalue weighted by molar-refractivity contribution is 7.89. The molecule has 2 rings (SSSR count). The summed E-state index contributed by atoms with van der Waals surface area (Å²) >= 11 is 0. The van der Waals surface area contributed by atoms with Crippen LogP contribution >= 0.6 is 0 Å². The molecule has 2 aromatic rings. The van der Waals surface area contributed by atoms with E-state index in [2.05, 4.69) is 4.72 Å². The van der Waals surface area contributed by atoms with Crippen molar-refractivity contribution in [3.63, 3.8) is 0 Å². The van der Waals surface area contributed by atoms with Crippen LogP contribution in [0.5, 0.6) is 0 Å². The molecular weight excluding hydrogens is 396 g/mol. The van der Waals surface area contributed by atoms with Crippen molar-refractivity contribution >= 4 is 10.0 Å². The fourth-order valence-corrected chi connectivity index (χ4v) is 3.61. The van der Waals surface area contributed by atoms with Crippen LogP contribution in [0.2, 0.25) is 0 Å². The van der Waals surface area contributed by atoms with Gasteiger partial charge in [-0.2, -0.15) is 26.3 Å².